The highest BCUT2D eigenvalue weighted by atomic mass is 35.5. The molecule has 7 heteroatoms. The first-order chi connectivity index (χ1) is 10.6. The third kappa shape index (κ3) is 3.18. The fourth-order valence-corrected chi connectivity index (χ4v) is 2.99. The van der Waals surface area contributed by atoms with Crippen molar-refractivity contribution < 1.29 is 4.79 Å². The van der Waals surface area contributed by atoms with Gasteiger partial charge >= 0.3 is 0 Å². The standard InChI is InChI=1S/C15H13ClN4OS/c1-20-11(8-12(19-20)10-4-6-17-7-5-10)9-18-15(21)13-2-3-14(16)22-13/h2-8H,9H2,1H3,(H,18,21). The number of hydrogen-bond donors (Lipinski definition) is 1. The Hall–Kier alpha value is -2.18. The Bertz CT molecular complexity index is 797. The Labute approximate surface area is 136 Å². The Morgan fingerprint density at radius 3 is 2.77 bits per heavy atom. The number of pyridine rings is 1. The molecule has 0 saturated carbocycles. The van der Waals surface area contributed by atoms with E-state index in [-0.39, 0.29) is 5.91 Å². The maximum absolute atomic E-state index is 12.0. The zero-order chi connectivity index (χ0) is 15.5. The number of aryl methyl sites for hydroxylation is 1. The van der Waals surface area contributed by atoms with Gasteiger partial charge in [-0.25, -0.2) is 0 Å². The Kier molecular flexibility index (Phi) is 4.22. The predicted octanol–water partition coefficient (Wildman–Crippen LogP) is 3.13. The van der Waals surface area contributed by atoms with Gasteiger partial charge in [0.15, 0.2) is 0 Å². The van der Waals surface area contributed by atoms with Crippen LogP contribution in [0.2, 0.25) is 4.34 Å². The number of carbonyl (C=O) groups excluding carboxylic acids is 1. The van der Waals surface area contributed by atoms with Crippen LogP contribution in [0.15, 0.2) is 42.7 Å². The number of nitrogens with one attached hydrogen (secondary N) is 1. The van der Waals surface area contributed by atoms with Gasteiger partial charge in [-0.3, -0.25) is 14.5 Å². The number of amides is 1. The molecule has 0 aliphatic heterocycles. The van der Waals surface area contributed by atoms with Gasteiger partial charge in [-0.1, -0.05) is 11.6 Å². The van der Waals surface area contributed by atoms with Crippen molar-refractivity contribution in [3.05, 3.63) is 57.6 Å². The minimum Gasteiger partial charge on any atom is -0.346 e. The molecule has 0 aliphatic carbocycles. The van der Waals surface area contributed by atoms with Crippen molar-refractivity contribution in [1.82, 2.24) is 20.1 Å². The van der Waals surface area contributed by atoms with Crippen molar-refractivity contribution in [1.29, 1.82) is 0 Å². The number of halogens is 1. The molecule has 0 atom stereocenters. The fraction of sp³-hybridized carbons (Fsp3) is 0.133. The molecule has 0 aromatic carbocycles. The SMILES string of the molecule is Cn1nc(-c2ccncc2)cc1CNC(=O)c1ccc(Cl)s1. The van der Waals surface area contributed by atoms with E-state index in [1.165, 1.54) is 11.3 Å². The van der Waals surface area contributed by atoms with Crippen LogP contribution in [0, 0.1) is 0 Å². The second kappa shape index (κ2) is 6.29. The summed E-state index contributed by atoms with van der Waals surface area (Å²) >= 11 is 7.10. The first kappa shape index (κ1) is 14.7. The average Bonchev–Trinajstić information content (AvgIpc) is 3.12. The molecule has 0 fully saturated rings. The number of nitrogens with zero attached hydrogens (tertiary/aromatic N) is 3. The van der Waals surface area contributed by atoms with Crippen molar-refractivity contribution >= 4 is 28.8 Å². The van der Waals surface area contributed by atoms with Gasteiger partial charge in [0.25, 0.3) is 5.91 Å². The smallest absolute Gasteiger partial charge is 0.261 e. The molecule has 5 nitrogen and oxygen atoms in total. The van der Waals surface area contributed by atoms with Crippen LogP contribution >= 0.6 is 22.9 Å². The van der Waals surface area contributed by atoms with Crippen LogP contribution in [0.5, 0.6) is 0 Å². The fourth-order valence-electron chi connectivity index (χ4n) is 2.03. The van der Waals surface area contributed by atoms with Gasteiger partial charge in [0.1, 0.15) is 0 Å². The summed E-state index contributed by atoms with van der Waals surface area (Å²) in [7, 11) is 1.86. The summed E-state index contributed by atoms with van der Waals surface area (Å²) in [4.78, 5) is 16.6. The lowest BCUT2D eigenvalue weighted by Crippen LogP contribution is -2.23. The third-order valence-corrected chi connectivity index (χ3v) is 4.41. The van der Waals surface area contributed by atoms with Crippen molar-refractivity contribution in [2.45, 2.75) is 6.54 Å². The molecule has 1 amide bonds. The third-order valence-electron chi connectivity index (χ3n) is 3.18. The summed E-state index contributed by atoms with van der Waals surface area (Å²) in [6, 6.07) is 9.19. The molecule has 22 heavy (non-hydrogen) atoms. The molecule has 0 aliphatic rings. The van der Waals surface area contributed by atoms with Gasteiger partial charge in [0.05, 0.1) is 27.1 Å². The molecule has 0 unspecified atom stereocenters. The minimum absolute atomic E-state index is 0.136. The highest BCUT2D eigenvalue weighted by Gasteiger charge is 2.11. The summed E-state index contributed by atoms with van der Waals surface area (Å²) in [5.74, 6) is -0.136. The number of aromatic nitrogens is 3. The Morgan fingerprint density at radius 2 is 2.09 bits per heavy atom. The van der Waals surface area contributed by atoms with E-state index in [4.69, 9.17) is 11.6 Å². The predicted molar refractivity (Wildman–Crippen MR) is 86.9 cm³/mol. The summed E-state index contributed by atoms with van der Waals surface area (Å²) in [5, 5.41) is 7.33. The molecule has 3 heterocycles. The number of thiophene rings is 1. The van der Waals surface area contributed by atoms with E-state index in [0.29, 0.717) is 15.8 Å². The molecule has 0 bridgehead atoms. The summed E-state index contributed by atoms with van der Waals surface area (Å²) in [6.07, 6.45) is 3.46. The quantitative estimate of drug-likeness (QED) is 0.798. The zero-order valence-corrected chi connectivity index (χ0v) is 13.4. The monoisotopic (exact) mass is 332 g/mol. The van der Waals surface area contributed by atoms with Crippen LogP contribution in [0.25, 0.3) is 11.3 Å². The number of carbonyl (C=O) groups is 1. The van der Waals surface area contributed by atoms with Crippen LogP contribution in [0.3, 0.4) is 0 Å². The number of rotatable bonds is 4. The molecule has 3 rings (SSSR count). The highest BCUT2D eigenvalue weighted by Crippen LogP contribution is 2.21. The van der Waals surface area contributed by atoms with E-state index >= 15 is 0 Å². The molecular formula is C15H13ClN4OS. The van der Waals surface area contributed by atoms with Crippen molar-refractivity contribution in [2.75, 3.05) is 0 Å². The van der Waals surface area contributed by atoms with Crippen LogP contribution in [0.4, 0.5) is 0 Å². The molecule has 3 aromatic rings. The summed E-state index contributed by atoms with van der Waals surface area (Å²) in [6.45, 7) is 0.406. The first-order valence-corrected chi connectivity index (χ1v) is 7.80. The van der Waals surface area contributed by atoms with Crippen molar-refractivity contribution in [2.24, 2.45) is 7.05 Å². The van der Waals surface area contributed by atoms with Gasteiger partial charge in [0, 0.05) is 25.0 Å². The lowest BCUT2D eigenvalue weighted by Gasteiger charge is -2.03. The minimum atomic E-state index is -0.136. The first-order valence-electron chi connectivity index (χ1n) is 6.60. The summed E-state index contributed by atoms with van der Waals surface area (Å²) in [5.41, 5.74) is 2.77. The van der Waals surface area contributed by atoms with Crippen molar-refractivity contribution in [3.8, 4) is 11.3 Å². The molecule has 1 N–H and O–H groups in total. The van der Waals surface area contributed by atoms with Gasteiger partial charge in [-0.15, -0.1) is 11.3 Å². The molecule has 112 valence electrons. The molecule has 0 spiro atoms. The van der Waals surface area contributed by atoms with E-state index in [2.05, 4.69) is 15.4 Å². The van der Waals surface area contributed by atoms with E-state index in [9.17, 15) is 4.79 Å². The van der Waals surface area contributed by atoms with E-state index < -0.39 is 0 Å². The Balaban J connectivity index is 1.71. The Morgan fingerprint density at radius 1 is 1.32 bits per heavy atom. The van der Waals surface area contributed by atoms with E-state index in [1.54, 1.807) is 29.2 Å². The normalized spacial score (nSPS) is 10.6. The molecular weight excluding hydrogens is 320 g/mol. The largest absolute Gasteiger partial charge is 0.346 e. The molecule has 0 saturated heterocycles. The van der Waals surface area contributed by atoms with Crippen LogP contribution in [0.1, 0.15) is 15.4 Å². The topological polar surface area (TPSA) is 59.8 Å². The van der Waals surface area contributed by atoms with Gasteiger partial charge < -0.3 is 5.32 Å². The number of hydrogen-bond acceptors (Lipinski definition) is 4. The van der Waals surface area contributed by atoms with Crippen LogP contribution < -0.4 is 5.32 Å². The van der Waals surface area contributed by atoms with Gasteiger partial charge in [0.2, 0.25) is 0 Å². The molecule has 0 radical (unpaired) electrons. The van der Waals surface area contributed by atoms with E-state index in [1.807, 2.05) is 25.2 Å². The van der Waals surface area contributed by atoms with Crippen LogP contribution in [-0.4, -0.2) is 20.7 Å². The van der Waals surface area contributed by atoms with Crippen LogP contribution in [-0.2, 0) is 13.6 Å². The maximum atomic E-state index is 12.0. The second-order valence-electron chi connectivity index (χ2n) is 4.67. The van der Waals surface area contributed by atoms with Gasteiger partial charge in [-0.05, 0) is 30.3 Å². The lowest BCUT2D eigenvalue weighted by molar-refractivity contribution is 0.0954. The van der Waals surface area contributed by atoms with Crippen molar-refractivity contribution in [3.63, 3.8) is 0 Å². The highest BCUT2D eigenvalue weighted by molar-refractivity contribution is 7.17. The average molecular weight is 333 g/mol. The summed E-state index contributed by atoms with van der Waals surface area (Å²) < 4.78 is 2.36. The maximum Gasteiger partial charge on any atom is 0.261 e. The zero-order valence-electron chi connectivity index (χ0n) is 11.8. The molecule has 3 aromatic heterocycles. The lowest BCUT2D eigenvalue weighted by atomic mass is 10.2. The van der Waals surface area contributed by atoms with Gasteiger partial charge in [-0.2, -0.15) is 5.10 Å². The second-order valence-corrected chi connectivity index (χ2v) is 6.38. The van der Waals surface area contributed by atoms with E-state index in [0.717, 1.165) is 17.0 Å².